The molecule has 0 aromatic heterocycles. The summed E-state index contributed by atoms with van der Waals surface area (Å²) in [6.07, 6.45) is 5.21. The highest BCUT2D eigenvalue weighted by molar-refractivity contribution is 7.89. The minimum atomic E-state index is -3.35. The Morgan fingerprint density at radius 1 is 1.00 bits per heavy atom. The molecule has 122 valence electrons. The van der Waals surface area contributed by atoms with Crippen LogP contribution < -0.4 is 0 Å². The number of benzene rings is 1. The second kappa shape index (κ2) is 6.30. The van der Waals surface area contributed by atoms with E-state index in [9.17, 15) is 8.42 Å². The van der Waals surface area contributed by atoms with E-state index < -0.39 is 10.0 Å². The number of piperazine rings is 1. The molecule has 3 rings (SSSR count). The standard InChI is InChI=1S/C17H26N2O2S/c1-14-7-8-17(15(2)13-14)22(20,21)19-11-9-18(10-12-19)16-5-3-4-6-16/h7-8,13,16H,3-6,9-12H2,1-2H3. The molecule has 2 fully saturated rings. The first-order valence-electron chi connectivity index (χ1n) is 8.30. The lowest BCUT2D eigenvalue weighted by Gasteiger charge is -2.37. The van der Waals surface area contributed by atoms with Crippen molar-refractivity contribution in [2.24, 2.45) is 0 Å². The van der Waals surface area contributed by atoms with Crippen molar-refractivity contribution in [2.75, 3.05) is 26.2 Å². The molecule has 0 N–H and O–H groups in total. The van der Waals surface area contributed by atoms with Crippen LogP contribution >= 0.6 is 0 Å². The van der Waals surface area contributed by atoms with Crippen LogP contribution in [0.25, 0.3) is 0 Å². The second-order valence-corrected chi connectivity index (χ2v) is 8.55. The van der Waals surface area contributed by atoms with Gasteiger partial charge in [0.1, 0.15) is 0 Å². The van der Waals surface area contributed by atoms with Crippen molar-refractivity contribution in [3.8, 4) is 0 Å². The van der Waals surface area contributed by atoms with Gasteiger partial charge >= 0.3 is 0 Å². The van der Waals surface area contributed by atoms with Crippen molar-refractivity contribution >= 4 is 10.0 Å². The summed E-state index contributed by atoms with van der Waals surface area (Å²) in [6.45, 7) is 6.85. The minimum absolute atomic E-state index is 0.465. The molecule has 1 aromatic carbocycles. The lowest BCUT2D eigenvalue weighted by Crippen LogP contribution is -2.51. The summed E-state index contributed by atoms with van der Waals surface area (Å²) < 4.78 is 27.4. The largest absolute Gasteiger partial charge is 0.298 e. The molecule has 1 saturated carbocycles. The smallest absolute Gasteiger partial charge is 0.243 e. The molecule has 1 aromatic rings. The van der Waals surface area contributed by atoms with Crippen molar-refractivity contribution < 1.29 is 8.42 Å². The van der Waals surface area contributed by atoms with Crippen LogP contribution in [0.2, 0.25) is 0 Å². The monoisotopic (exact) mass is 322 g/mol. The van der Waals surface area contributed by atoms with E-state index >= 15 is 0 Å². The maximum Gasteiger partial charge on any atom is 0.243 e. The van der Waals surface area contributed by atoms with Gasteiger partial charge in [-0.3, -0.25) is 4.90 Å². The van der Waals surface area contributed by atoms with E-state index in [1.54, 1.807) is 10.4 Å². The molecule has 0 spiro atoms. The molecule has 1 heterocycles. The summed E-state index contributed by atoms with van der Waals surface area (Å²) in [7, 11) is -3.35. The minimum Gasteiger partial charge on any atom is -0.298 e. The van der Waals surface area contributed by atoms with Crippen molar-refractivity contribution in [3.05, 3.63) is 29.3 Å². The van der Waals surface area contributed by atoms with Crippen LogP contribution in [0.1, 0.15) is 36.8 Å². The third kappa shape index (κ3) is 3.07. The number of nitrogens with zero attached hydrogens (tertiary/aromatic N) is 2. The van der Waals surface area contributed by atoms with E-state index in [0.29, 0.717) is 24.0 Å². The molecule has 1 aliphatic heterocycles. The molecule has 0 amide bonds. The van der Waals surface area contributed by atoms with Gasteiger partial charge in [-0.25, -0.2) is 8.42 Å². The molecule has 2 aliphatic rings. The van der Waals surface area contributed by atoms with Gasteiger partial charge in [0.2, 0.25) is 10.0 Å². The third-order valence-corrected chi connectivity index (χ3v) is 7.12. The van der Waals surface area contributed by atoms with E-state index in [-0.39, 0.29) is 0 Å². The number of rotatable bonds is 3. The van der Waals surface area contributed by atoms with Crippen molar-refractivity contribution in [1.82, 2.24) is 9.21 Å². The van der Waals surface area contributed by atoms with Crippen LogP contribution in [0, 0.1) is 13.8 Å². The van der Waals surface area contributed by atoms with Crippen LogP contribution in [0.5, 0.6) is 0 Å². The van der Waals surface area contributed by atoms with Gasteiger partial charge in [-0.15, -0.1) is 0 Å². The summed E-state index contributed by atoms with van der Waals surface area (Å²) >= 11 is 0. The maximum atomic E-state index is 12.9. The summed E-state index contributed by atoms with van der Waals surface area (Å²) in [4.78, 5) is 2.95. The van der Waals surface area contributed by atoms with Crippen LogP contribution in [0.15, 0.2) is 23.1 Å². The van der Waals surface area contributed by atoms with Gasteiger partial charge in [0.25, 0.3) is 0 Å². The molecular formula is C17H26N2O2S. The predicted molar refractivity (Wildman–Crippen MR) is 88.5 cm³/mol. The lowest BCUT2D eigenvalue weighted by molar-refractivity contribution is 0.139. The summed E-state index contributed by atoms with van der Waals surface area (Å²) in [5.74, 6) is 0. The Balaban J connectivity index is 1.71. The van der Waals surface area contributed by atoms with Gasteiger partial charge in [-0.2, -0.15) is 4.31 Å². The van der Waals surface area contributed by atoms with E-state index in [1.165, 1.54) is 25.7 Å². The lowest BCUT2D eigenvalue weighted by atomic mass is 10.2. The Hall–Kier alpha value is -0.910. The molecule has 0 unspecified atom stereocenters. The molecular weight excluding hydrogens is 296 g/mol. The Morgan fingerprint density at radius 3 is 2.23 bits per heavy atom. The van der Waals surface area contributed by atoms with E-state index in [1.807, 2.05) is 26.0 Å². The van der Waals surface area contributed by atoms with Gasteiger partial charge in [0.05, 0.1) is 4.90 Å². The molecule has 1 aliphatic carbocycles. The molecule has 4 nitrogen and oxygen atoms in total. The molecule has 1 saturated heterocycles. The van der Waals surface area contributed by atoms with Crippen LogP contribution in [-0.4, -0.2) is 49.8 Å². The molecule has 5 heteroatoms. The highest BCUT2D eigenvalue weighted by Gasteiger charge is 2.32. The quantitative estimate of drug-likeness (QED) is 0.859. The Labute approximate surface area is 134 Å². The molecule has 0 bridgehead atoms. The molecule has 0 atom stereocenters. The fourth-order valence-corrected chi connectivity index (χ4v) is 5.43. The average molecular weight is 322 g/mol. The Morgan fingerprint density at radius 2 is 1.64 bits per heavy atom. The van der Waals surface area contributed by atoms with E-state index in [4.69, 9.17) is 0 Å². The maximum absolute atomic E-state index is 12.9. The first-order valence-corrected chi connectivity index (χ1v) is 9.74. The molecule has 0 radical (unpaired) electrons. The summed E-state index contributed by atoms with van der Waals surface area (Å²) in [5, 5.41) is 0. The normalized spacial score (nSPS) is 22.3. The fourth-order valence-electron chi connectivity index (χ4n) is 3.81. The number of hydrogen-bond donors (Lipinski definition) is 0. The fraction of sp³-hybridized carbons (Fsp3) is 0.647. The number of hydrogen-bond acceptors (Lipinski definition) is 3. The van der Waals surface area contributed by atoms with Crippen molar-refractivity contribution in [3.63, 3.8) is 0 Å². The first-order chi connectivity index (χ1) is 10.5. The summed E-state index contributed by atoms with van der Waals surface area (Å²) in [5.41, 5.74) is 1.95. The van der Waals surface area contributed by atoms with Gasteiger partial charge < -0.3 is 0 Å². The Kier molecular flexibility index (Phi) is 4.57. The second-order valence-electron chi connectivity index (χ2n) is 6.65. The van der Waals surface area contributed by atoms with Crippen molar-refractivity contribution in [2.45, 2.75) is 50.5 Å². The predicted octanol–water partition coefficient (Wildman–Crippen LogP) is 2.55. The zero-order chi connectivity index (χ0) is 15.7. The zero-order valence-corrected chi connectivity index (χ0v) is 14.4. The Bertz CT molecular complexity index is 628. The van der Waals surface area contributed by atoms with E-state index in [2.05, 4.69) is 4.90 Å². The van der Waals surface area contributed by atoms with E-state index in [0.717, 1.165) is 24.2 Å². The number of sulfonamides is 1. The van der Waals surface area contributed by atoms with Crippen LogP contribution in [0.4, 0.5) is 0 Å². The topological polar surface area (TPSA) is 40.6 Å². The zero-order valence-electron chi connectivity index (χ0n) is 13.6. The van der Waals surface area contributed by atoms with Gasteiger partial charge in [0.15, 0.2) is 0 Å². The molecule has 22 heavy (non-hydrogen) atoms. The third-order valence-electron chi connectivity index (χ3n) is 5.06. The SMILES string of the molecule is Cc1ccc(S(=O)(=O)N2CCN(C3CCCC3)CC2)c(C)c1. The van der Waals surface area contributed by atoms with Gasteiger partial charge in [0, 0.05) is 32.2 Å². The van der Waals surface area contributed by atoms with Crippen LogP contribution in [0.3, 0.4) is 0 Å². The number of aryl methyl sites for hydroxylation is 2. The van der Waals surface area contributed by atoms with Gasteiger partial charge in [-0.1, -0.05) is 30.5 Å². The average Bonchev–Trinajstić information content (AvgIpc) is 3.01. The summed E-state index contributed by atoms with van der Waals surface area (Å²) in [6, 6.07) is 6.27. The van der Waals surface area contributed by atoms with Crippen molar-refractivity contribution in [1.29, 1.82) is 0 Å². The highest BCUT2D eigenvalue weighted by atomic mass is 32.2. The highest BCUT2D eigenvalue weighted by Crippen LogP contribution is 2.26. The van der Waals surface area contributed by atoms with Crippen LogP contribution in [-0.2, 0) is 10.0 Å². The first kappa shape index (κ1) is 16.0. The van der Waals surface area contributed by atoms with Gasteiger partial charge in [-0.05, 0) is 38.3 Å².